The van der Waals surface area contributed by atoms with Crippen molar-refractivity contribution < 1.29 is 14.3 Å². The molecular weight excluding hydrogens is 387 g/mol. The van der Waals surface area contributed by atoms with E-state index in [9.17, 15) is 14.3 Å². The maximum absolute atomic E-state index is 13.6. The molecule has 1 heterocycles. The van der Waals surface area contributed by atoms with Crippen LogP contribution >= 0.6 is 11.9 Å². The summed E-state index contributed by atoms with van der Waals surface area (Å²) in [6.07, 6.45) is 4.12. The lowest BCUT2D eigenvalue weighted by Crippen LogP contribution is -2.19. The number of carboxylic acid groups (broad SMARTS) is 1. The lowest BCUT2D eigenvalue weighted by atomic mass is 9.93. The maximum Gasteiger partial charge on any atom is 0.314 e. The third-order valence-corrected chi connectivity index (χ3v) is 6.22. The molecule has 0 bridgehead atoms. The number of carbonyl (C=O) groups is 1. The minimum absolute atomic E-state index is 0.461. The third kappa shape index (κ3) is 3.63. The number of nitrogens with zero attached hydrogens (tertiary/aromatic N) is 1. The van der Waals surface area contributed by atoms with Gasteiger partial charge in [0.1, 0.15) is 0 Å². The quantitative estimate of drug-likeness (QED) is 0.681. The highest BCUT2D eigenvalue weighted by atomic mass is 32.2. The molecule has 2 aliphatic rings. The van der Waals surface area contributed by atoms with Crippen LogP contribution in [0.15, 0.2) is 82.9 Å². The normalized spacial score (nSPS) is 19.2. The number of nitrogens with two attached hydrogens (primary N) is 1. The highest BCUT2D eigenvalue weighted by Crippen LogP contribution is 2.48. The summed E-state index contributed by atoms with van der Waals surface area (Å²) in [7, 11) is 0. The predicted molar refractivity (Wildman–Crippen MR) is 116 cm³/mol. The van der Waals surface area contributed by atoms with Gasteiger partial charge < -0.3 is 10.8 Å². The van der Waals surface area contributed by atoms with E-state index in [2.05, 4.69) is 11.0 Å². The maximum atomic E-state index is 13.6. The molecule has 0 saturated heterocycles. The molecule has 0 amide bonds. The van der Waals surface area contributed by atoms with Crippen LogP contribution < -0.4 is 5.73 Å². The third-order valence-electron chi connectivity index (χ3n) is 5.31. The van der Waals surface area contributed by atoms with Gasteiger partial charge in [0.05, 0.1) is 16.0 Å². The first-order valence-corrected chi connectivity index (χ1v) is 9.90. The van der Waals surface area contributed by atoms with E-state index in [4.69, 9.17) is 5.73 Å². The molecule has 0 atom stereocenters. The highest BCUT2D eigenvalue weighted by Gasteiger charge is 2.51. The average molecular weight is 406 g/mol. The Kier molecular flexibility index (Phi) is 4.88. The van der Waals surface area contributed by atoms with Crippen molar-refractivity contribution >= 4 is 28.8 Å². The number of allylic oxidation sites excluding steroid dienone is 2. The van der Waals surface area contributed by atoms with Gasteiger partial charge in [-0.25, -0.2) is 0 Å². The summed E-state index contributed by atoms with van der Waals surface area (Å²) < 4.78 is 17.4. The molecule has 4 nitrogen and oxygen atoms in total. The number of halogens is 1. The number of hydrogen-bond donors (Lipinski definition) is 2. The van der Waals surface area contributed by atoms with E-state index < -0.39 is 17.3 Å². The Balaban J connectivity index is 1.60. The van der Waals surface area contributed by atoms with Crippen molar-refractivity contribution in [3.8, 4) is 11.1 Å². The van der Waals surface area contributed by atoms with Crippen LogP contribution in [0.4, 0.5) is 4.39 Å². The average Bonchev–Trinajstić information content (AvgIpc) is 3.54. The first-order chi connectivity index (χ1) is 13.9. The Labute approximate surface area is 172 Å². The standard InChI is InChI=1S/C23H19FN2O2S/c1-14-2-11-19(24)26-29-21(20(14)25)17-5-3-15(4-6-17)16-7-9-18(10-8-16)23(12-13-23)22(27)28/h2-11H,1,12-13,25H2,(H,27,28)/b11-2-,21-20?,26-19?. The lowest BCUT2D eigenvalue weighted by molar-refractivity contribution is -0.140. The molecule has 4 rings (SSSR count). The van der Waals surface area contributed by atoms with Crippen molar-refractivity contribution in [2.24, 2.45) is 10.1 Å². The molecule has 1 aliphatic carbocycles. The number of hydrogen-bond acceptors (Lipinski definition) is 4. The summed E-state index contributed by atoms with van der Waals surface area (Å²) >= 11 is 0.986. The van der Waals surface area contributed by atoms with E-state index in [-0.39, 0.29) is 0 Å². The zero-order valence-corrected chi connectivity index (χ0v) is 16.4. The van der Waals surface area contributed by atoms with Gasteiger partial charge in [-0.05, 0) is 52.8 Å². The second-order valence-corrected chi connectivity index (χ2v) is 7.92. The van der Waals surface area contributed by atoms with Gasteiger partial charge in [0.15, 0.2) is 0 Å². The van der Waals surface area contributed by atoms with Crippen LogP contribution in [-0.2, 0) is 10.2 Å². The fraction of sp³-hybridized carbons (Fsp3) is 0.130. The first-order valence-electron chi connectivity index (χ1n) is 9.13. The summed E-state index contributed by atoms with van der Waals surface area (Å²) in [5.74, 6) is -1.35. The molecule has 0 spiro atoms. The van der Waals surface area contributed by atoms with Crippen LogP contribution in [0.3, 0.4) is 0 Å². The number of benzene rings is 2. The van der Waals surface area contributed by atoms with E-state index in [0.29, 0.717) is 29.0 Å². The van der Waals surface area contributed by atoms with Crippen molar-refractivity contribution in [2.45, 2.75) is 18.3 Å². The first kappa shape index (κ1) is 19.2. The van der Waals surface area contributed by atoms with E-state index >= 15 is 0 Å². The van der Waals surface area contributed by atoms with Gasteiger partial charge in [0, 0.05) is 11.9 Å². The van der Waals surface area contributed by atoms with E-state index in [1.807, 2.05) is 48.5 Å². The lowest BCUT2D eigenvalue weighted by Gasteiger charge is -2.13. The van der Waals surface area contributed by atoms with Gasteiger partial charge in [-0.15, -0.1) is 0 Å². The Bertz CT molecular complexity index is 1080. The Morgan fingerprint density at radius 3 is 2.14 bits per heavy atom. The number of aliphatic carboxylic acids is 1. The molecule has 2 aromatic carbocycles. The van der Waals surface area contributed by atoms with Crippen molar-refractivity contribution in [2.75, 3.05) is 0 Å². The topological polar surface area (TPSA) is 75.7 Å². The molecule has 1 fully saturated rings. The molecule has 0 aromatic heterocycles. The molecule has 0 radical (unpaired) electrons. The fourth-order valence-corrected chi connectivity index (χ4v) is 4.04. The van der Waals surface area contributed by atoms with Crippen LogP contribution in [0.5, 0.6) is 0 Å². The summed E-state index contributed by atoms with van der Waals surface area (Å²) in [4.78, 5) is 12.1. The molecule has 1 saturated carbocycles. The van der Waals surface area contributed by atoms with E-state index in [0.717, 1.165) is 34.2 Å². The van der Waals surface area contributed by atoms with Crippen LogP contribution in [-0.4, -0.2) is 17.0 Å². The van der Waals surface area contributed by atoms with E-state index in [1.54, 1.807) is 0 Å². The van der Waals surface area contributed by atoms with E-state index in [1.165, 1.54) is 12.2 Å². The van der Waals surface area contributed by atoms with Crippen LogP contribution in [0.1, 0.15) is 24.0 Å². The molecule has 0 unspecified atom stereocenters. The zero-order valence-electron chi connectivity index (χ0n) is 15.6. The SMILES string of the molecule is C=C1/C=C\C(F)=NSC(c2ccc(-c3ccc(C4(C(=O)O)CC4)cc3)cc2)=C1N. The highest BCUT2D eigenvalue weighted by molar-refractivity contribution is 8.07. The summed E-state index contributed by atoms with van der Waals surface area (Å²) in [6.45, 7) is 3.87. The van der Waals surface area contributed by atoms with Gasteiger partial charge in [-0.1, -0.05) is 55.1 Å². The minimum atomic E-state index is -0.757. The number of carboxylic acids is 1. The number of rotatable bonds is 4. The van der Waals surface area contributed by atoms with Crippen molar-refractivity contribution in [1.82, 2.24) is 0 Å². The smallest absolute Gasteiger partial charge is 0.314 e. The van der Waals surface area contributed by atoms with Crippen molar-refractivity contribution in [3.63, 3.8) is 0 Å². The van der Waals surface area contributed by atoms with Crippen molar-refractivity contribution in [3.05, 3.63) is 89.7 Å². The van der Waals surface area contributed by atoms with Crippen LogP contribution in [0, 0.1) is 0 Å². The van der Waals surface area contributed by atoms with Crippen LogP contribution in [0.25, 0.3) is 16.0 Å². The molecule has 1 aliphatic heterocycles. The molecule has 29 heavy (non-hydrogen) atoms. The second kappa shape index (κ2) is 7.37. The van der Waals surface area contributed by atoms with Gasteiger partial charge in [0.2, 0.25) is 5.97 Å². The predicted octanol–water partition coefficient (Wildman–Crippen LogP) is 5.24. The minimum Gasteiger partial charge on any atom is -0.481 e. The van der Waals surface area contributed by atoms with Gasteiger partial charge in [-0.2, -0.15) is 8.79 Å². The monoisotopic (exact) mass is 406 g/mol. The molecule has 3 N–H and O–H groups in total. The Morgan fingerprint density at radius 1 is 1.03 bits per heavy atom. The van der Waals surface area contributed by atoms with Gasteiger partial charge >= 0.3 is 5.97 Å². The molecule has 2 aromatic rings. The summed E-state index contributed by atoms with van der Waals surface area (Å²) in [5, 5.41) is 9.43. The van der Waals surface area contributed by atoms with Gasteiger partial charge in [0.25, 0.3) is 0 Å². The second-order valence-electron chi connectivity index (χ2n) is 7.15. The summed E-state index contributed by atoms with van der Waals surface area (Å²) in [6, 6.07) is 15.4. The summed E-state index contributed by atoms with van der Waals surface area (Å²) in [5.41, 5.74) is 10.1. The molecule has 146 valence electrons. The zero-order chi connectivity index (χ0) is 20.6. The Morgan fingerprint density at radius 2 is 1.59 bits per heavy atom. The largest absolute Gasteiger partial charge is 0.481 e. The Hall–Kier alpha value is -3.12. The van der Waals surface area contributed by atoms with Gasteiger partial charge in [-0.3, -0.25) is 4.79 Å². The molecular formula is C23H19FN2O2S. The molecule has 6 heteroatoms. The fourth-order valence-electron chi connectivity index (χ4n) is 3.33. The van der Waals surface area contributed by atoms with Crippen LogP contribution in [0.2, 0.25) is 0 Å². The van der Waals surface area contributed by atoms with Crippen molar-refractivity contribution in [1.29, 1.82) is 0 Å².